The Balaban J connectivity index is 2.49. The summed E-state index contributed by atoms with van der Waals surface area (Å²) in [5, 5.41) is 8.67. The zero-order chi connectivity index (χ0) is 10.6. The molecular formula is C11H21NO2. The third kappa shape index (κ3) is 2.71. The molecule has 1 N–H and O–H groups in total. The average Bonchev–Trinajstić information content (AvgIpc) is 2.14. The van der Waals surface area contributed by atoms with Gasteiger partial charge in [-0.1, -0.05) is 0 Å². The van der Waals surface area contributed by atoms with Crippen LogP contribution in [0.4, 0.5) is 0 Å². The Morgan fingerprint density at radius 2 is 1.93 bits per heavy atom. The molecule has 2 unspecified atom stereocenters. The van der Waals surface area contributed by atoms with E-state index in [0.717, 1.165) is 12.8 Å². The van der Waals surface area contributed by atoms with E-state index in [1.165, 1.54) is 6.42 Å². The van der Waals surface area contributed by atoms with Crippen molar-refractivity contribution in [2.24, 2.45) is 0 Å². The van der Waals surface area contributed by atoms with Gasteiger partial charge in [0.15, 0.2) is 0 Å². The number of carbonyl (C=O) groups excluding carboxylic acids is 1. The van der Waals surface area contributed by atoms with Crippen LogP contribution >= 0.6 is 0 Å². The van der Waals surface area contributed by atoms with E-state index in [0.29, 0.717) is 24.9 Å². The minimum Gasteiger partial charge on any atom is -0.396 e. The monoisotopic (exact) mass is 199 g/mol. The summed E-state index contributed by atoms with van der Waals surface area (Å²) in [7, 11) is 0. The predicted molar refractivity (Wildman–Crippen MR) is 55.9 cm³/mol. The molecule has 1 rings (SSSR count). The number of nitrogens with zero attached hydrogens (tertiary/aromatic N) is 1. The highest BCUT2D eigenvalue weighted by molar-refractivity contribution is 5.76. The van der Waals surface area contributed by atoms with Crippen molar-refractivity contribution in [1.29, 1.82) is 0 Å². The highest BCUT2D eigenvalue weighted by atomic mass is 16.3. The summed E-state index contributed by atoms with van der Waals surface area (Å²) in [5.74, 6) is 0.207. The van der Waals surface area contributed by atoms with E-state index in [1.54, 1.807) is 0 Å². The van der Waals surface area contributed by atoms with Crippen LogP contribution in [-0.2, 0) is 4.79 Å². The molecule has 1 heterocycles. The van der Waals surface area contributed by atoms with Gasteiger partial charge in [-0.15, -0.1) is 0 Å². The molecule has 1 aliphatic heterocycles. The topological polar surface area (TPSA) is 40.5 Å². The van der Waals surface area contributed by atoms with Gasteiger partial charge < -0.3 is 10.0 Å². The third-order valence-corrected chi connectivity index (χ3v) is 3.03. The maximum absolute atomic E-state index is 11.8. The van der Waals surface area contributed by atoms with Gasteiger partial charge in [-0.25, -0.2) is 0 Å². The van der Waals surface area contributed by atoms with Gasteiger partial charge in [0, 0.05) is 25.1 Å². The molecule has 2 atom stereocenters. The SMILES string of the molecule is CC1CCCC(C)N1C(=O)CCCO. The van der Waals surface area contributed by atoms with Crippen LogP contribution in [-0.4, -0.2) is 34.6 Å². The maximum Gasteiger partial charge on any atom is 0.223 e. The predicted octanol–water partition coefficient (Wildman–Crippen LogP) is 1.55. The van der Waals surface area contributed by atoms with E-state index in [4.69, 9.17) is 5.11 Å². The van der Waals surface area contributed by atoms with E-state index in [-0.39, 0.29) is 12.5 Å². The van der Waals surface area contributed by atoms with Crippen LogP contribution in [0.2, 0.25) is 0 Å². The molecule has 0 aliphatic carbocycles. The Morgan fingerprint density at radius 1 is 1.36 bits per heavy atom. The molecule has 1 aliphatic rings. The molecule has 1 fully saturated rings. The first-order chi connectivity index (χ1) is 6.66. The lowest BCUT2D eigenvalue weighted by Gasteiger charge is -2.39. The molecule has 0 radical (unpaired) electrons. The fourth-order valence-corrected chi connectivity index (χ4v) is 2.27. The van der Waals surface area contributed by atoms with Crippen molar-refractivity contribution in [3.63, 3.8) is 0 Å². The zero-order valence-corrected chi connectivity index (χ0v) is 9.20. The fourth-order valence-electron chi connectivity index (χ4n) is 2.27. The number of carbonyl (C=O) groups is 1. The molecule has 0 spiro atoms. The van der Waals surface area contributed by atoms with Crippen molar-refractivity contribution >= 4 is 5.91 Å². The van der Waals surface area contributed by atoms with Gasteiger partial charge in [0.25, 0.3) is 0 Å². The Bertz CT molecular complexity index is 184. The second kappa shape index (κ2) is 5.35. The zero-order valence-electron chi connectivity index (χ0n) is 9.20. The van der Waals surface area contributed by atoms with Crippen LogP contribution in [0, 0.1) is 0 Å². The lowest BCUT2D eigenvalue weighted by atomic mass is 9.97. The summed E-state index contributed by atoms with van der Waals surface area (Å²) in [6.45, 7) is 4.35. The Morgan fingerprint density at radius 3 is 2.43 bits per heavy atom. The first-order valence-corrected chi connectivity index (χ1v) is 5.59. The number of hydrogen-bond donors (Lipinski definition) is 1. The summed E-state index contributed by atoms with van der Waals surface area (Å²) in [6.07, 6.45) is 4.55. The smallest absolute Gasteiger partial charge is 0.223 e. The summed E-state index contributed by atoms with van der Waals surface area (Å²) in [6, 6.07) is 0.759. The number of hydrogen-bond acceptors (Lipinski definition) is 2. The van der Waals surface area contributed by atoms with Gasteiger partial charge in [0.2, 0.25) is 5.91 Å². The van der Waals surface area contributed by atoms with Gasteiger partial charge in [-0.3, -0.25) is 4.79 Å². The van der Waals surface area contributed by atoms with Crippen molar-refractivity contribution < 1.29 is 9.90 Å². The van der Waals surface area contributed by atoms with Crippen LogP contribution in [0.1, 0.15) is 46.0 Å². The van der Waals surface area contributed by atoms with Crippen LogP contribution in [0.3, 0.4) is 0 Å². The van der Waals surface area contributed by atoms with Crippen LogP contribution in [0.25, 0.3) is 0 Å². The minimum absolute atomic E-state index is 0.113. The van der Waals surface area contributed by atoms with Crippen LogP contribution < -0.4 is 0 Å². The van der Waals surface area contributed by atoms with Crippen molar-refractivity contribution in [1.82, 2.24) is 4.90 Å². The van der Waals surface area contributed by atoms with Gasteiger partial charge in [0.1, 0.15) is 0 Å². The molecule has 82 valence electrons. The Hall–Kier alpha value is -0.570. The summed E-state index contributed by atoms with van der Waals surface area (Å²) < 4.78 is 0. The maximum atomic E-state index is 11.8. The number of rotatable bonds is 3. The molecular weight excluding hydrogens is 178 g/mol. The van der Waals surface area contributed by atoms with Gasteiger partial charge in [-0.05, 0) is 39.5 Å². The molecule has 0 aromatic carbocycles. The van der Waals surface area contributed by atoms with Crippen molar-refractivity contribution in [2.75, 3.05) is 6.61 Å². The molecule has 0 bridgehead atoms. The lowest BCUT2D eigenvalue weighted by Crippen LogP contribution is -2.47. The highest BCUT2D eigenvalue weighted by Crippen LogP contribution is 2.23. The first-order valence-electron chi connectivity index (χ1n) is 5.59. The van der Waals surface area contributed by atoms with Crippen molar-refractivity contribution in [3.05, 3.63) is 0 Å². The quantitative estimate of drug-likeness (QED) is 0.749. The van der Waals surface area contributed by atoms with Gasteiger partial charge >= 0.3 is 0 Å². The highest BCUT2D eigenvalue weighted by Gasteiger charge is 2.27. The number of likely N-dealkylation sites (tertiary alicyclic amines) is 1. The van der Waals surface area contributed by atoms with Crippen molar-refractivity contribution in [3.8, 4) is 0 Å². The molecule has 1 saturated heterocycles. The number of piperidine rings is 1. The Kier molecular flexibility index (Phi) is 4.39. The number of aliphatic hydroxyl groups is 1. The molecule has 3 heteroatoms. The fraction of sp³-hybridized carbons (Fsp3) is 0.909. The molecule has 0 aromatic rings. The van der Waals surface area contributed by atoms with E-state index in [9.17, 15) is 4.79 Å². The summed E-state index contributed by atoms with van der Waals surface area (Å²) in [4.78, 5) is 13.8. The van der Waals surface area contributed by atoms with Crippen LogP contribution in [0.15, 0.2) is 0 Å². The largest absolute Gasteiger partial charge is 0.396 e. The second-order valence-electron chi connectivity index (χ2n) is 4.26. The van der Waals surface area contributed by atoms with Gasteiger partial charge in [0.05, 0.1) is 0 Å². The Labute approximate surface area is 86.1 Å². The molecule has 14 heavy (non-hydrogen) atoms. The average molecular weight is 199 g/mol. The standard InChI is InChI=1S/C11H21NO2/c1-9-5-3-6-10(2)12(9)11(14)7-4-8-13/h9-10,13H,3-8H2,1-2H3. The van der Waals surface area contributed by atoms with Crippen molar-refractivity contribution in [2.45, 2.75) is 58.0 Å². The number of amides is 1. The molecule has 0 aromatic heterocycles. The van der Waals surface area contributed by atoms with E-state index < -0.39 is 0 Å². The first kappa shape index (κ1) is 11.5. The van der Waals surface area contributed by atoms with Gasteiger partial charge in [-0.2, -0.15) is 0 Å². The second-order valence-corrected chi connectivity index (χ2v) is 4.26. The summed E-state index contributed by atoms with van der Waals surface area (Å²) >= 11 is 0. The molecule has 3 nitrogen and oxygen atoms in total. The normalized spacial score (nSPS) is 27.8. The lowest BCUT2D eigenvalue weighted by molar-refractivity contribution is -0.137. The van der Waals surface area contributed by atoms with E-state index in [2.05, 4.69) is 13.8 Å². The van der Waals surface area contributed by atoms with E-state index >= 15 is 0 Å². The molecule has 0 saturated carbocycles. The molecule has 1 amide bonds. The minimum atomic E-state index is 0.113. The summed E-state index contributed by atoms with van der Waals surface area (Å²) in [5.41, 5.74) is 0. The number of aliphatic hydroxyl groups excluding tert-OH is 1. The van der Waals surface area contributed by atoms with Crippen LogP contribution in [0.5, 0.6) is 0 Å². The van der Waals surface area contributed by atoms with E-state index in [1.807, 2.05) is 4.90 Å². The third-order valence-electron chi connectivity index (χ3n) is 3.03.